The number of aromatic nitrogens is 4. The second-order valence-electron chi connectivity index (χ2n) is 8.39. The Labute approximate surface area is 216 Å². The first-order chi connectivity index (χ1) is 18.2. The average Bonchev–Trinajstić information content (AvgIpc) is 2.94. The first-order valence-electron chi connectivity index (χ1n) is 12.3. The number of hydrogen-bond donors (Lipinski definition) is 4. The van der Waals surface area contributed by atoms with Crippen molar-refractivity contribution in [3.63, 3.8) is 0 Å². The van der Waals surface area contributed by atoms with Crippen molar-refractivity contribution in [2.24, 2.45) is 0 Å². The van der Waals surface area contributed by atoms with Crippen LogP contribution in [0.3, 0.4) is 0 Å². The Kier molecular flexibility index (Phi) is 9.33. The number of morpholine rings is 1. The lowest BCUT2D eigenvalue weighted by atomic mass is 10.1. The molecule has 1 aliphatic heterocycles. The van der Waals surface area contributed by atoms with Gasteiger partial charge in [-0.15, -0.1) is 0 Å². The number of ether oxygens (including phenoxy) is 2. The second-order valence-corrected chi connectivity index (χ2v) is 8.39. The maximum atomic E-state index is 7.65. The summed E-state index contributed by atoms with van der Waals surface area (Å²) in [5.41, 5.74) is 9.12. The molecule has 3 heterocycles. The monoisotopic (exact) mass is 503 g/mol. The molecule has 2 aromatic heterocycles. The minimum atomic E-state index is 0.292. The van der Waals surface area contributed by atoms with E-state index in [1.165, 1.54) is 6.21 Å². The van der Waals surface area contributed by atoms with Crippen molar-refractivity contribution < 1.29 is 9.47 Å². The van der Waals surface area contributed by atoms with Gasteiger partial charge in [-0.2, -0.15) is 0 Å². The van der Waals surface area contributed by atoms with Crippen LogP contribution in [0.25, 0.3) is 17.0 Å². The van der Waals surface area contributed by atoms with Gasteiger partial charge in [-0.3, -0.25) is 4.90 Å². The number of anilines is 2. The number of nitrogen functional groups attached to an aromatic ring is 1. The van der Waals surface area contributed by atoms with Gasteiger partial charge in [-0.25, -0.2) is 19.9 Å². The predicted octanol–water partition coefficient (Wildman–Crippen LogP) is 2.44. The van der Waals surface area contributed by atoms with Crippen molar-refractivity contribution in [2.45, 2.75) is 13.5 Å². The van der Waals surface area contributed by atoms with Crippen LogP contribution in [0.4, 0.5) is 11.6 Å². The summed E-state index contributed by atoms with van der Waals surface area (Å²) in [6, 6.07) is 7.94. The van der Waals surface area contributed by atoms with Crippen LogP contribution in [0.5, 0.6) is 5.75 Å². The number of nitrogens with one attached hydrogen (secondary N) is 3. The number of rotatable bonds is 12. The van der Waals surface area contributed by atoms with Gasteiger partial charge >= 0.3 is 0 Å². The summed E-state index contributed by atoms with van der Waals surface area (Å²) in [5.74, 6) is 2.02. The topological polar surface area (TPSA) is 147 Å². The second kappa shape index (κ2) is 13.3. The summed E-state index contributed by atoms with van der Waals surface area (Å²) in [5, 5.41) is 14.0. The summed E-state index contributed by atoms with van der Waals surface area (Å²) < 4.78 is 11.2. The van der Waals surface area contributed by atoms with Gasteiger partial charge in [0.2, 0.25) is 0 Å². The molecule has 0 bridgehead atoms. The third-order valence-electron chi connectivity index (χ3n) is 5.77. The highest BCUT2D eigenvalue weighted by atomic mass is 16.5. The summed E-state index contributed by atoms with van der Waals surface area (Å²) in [4.78, 5) is 20.1. The molecule has 1 fully saturated rings. The highest BCUT2D eigenvalue weighted by Crippen LogP contribution is 2.21. The first-order valence-corrected chi connectivity index (χ1v) is 12.3. The Bertz CT molecular complexity index is 1190. The molecule has 0 atom stereocenters. The maximum absolute atomic E-state index is 7.65. The van der Waals surface area contributed by atoms with Crippen LogP contribution in [0, 0.1) is 5.41 Å². The fourth-order valence-electron chi connectivity index (χ4n) is 3.73. The van der Waals surface area contributed by atoms with Gasteiger partial charge in [-0.05, 0) is 18.6 Å². The highest BCUT2D eigenvalue weighted by Gasteiger charge is 2.11. The van der Waals surface area contributed by atoms with E-state index in [1.54, 1.807) is 24.8 Å². The number of nitrogens with zero attached hydrogens (tertiary/aromatic N) is 5. The van der Waals surface area contributed by atoms with E-state index in [9.17, 15) is 0 Å². The normalized spacial score (nSPS) is 14.2. The third kappa shape index (κ3) is 7.45. The molecule has 4 rings (SSSR count). The van der Waals surface area contributed by atoms with E-state index >= 15 is 0 Å². The molecule has 3 aromatic rings. The molecule has 37 heavy (non-hydrogen) atoms. The zero-order valence-corrected chi connectivity index (χ0v) is 21.0. The van der Waals surface area contributed by atoms with E-state index in [0.29, 0.717) is 47.6 Å². The van der Waals surface area contributed by atoms with E-state index < -0.39 is 0 Å². The maximum Gasteiger partial charge on any atom is 0.169 e. The van der Waals surface area contributed by atoms with E-state index in [4.69, 9.17) is 20.6 Å². The van der Waals surface area contributed by atoms with Crippen LogP contribution in [0.15, 0.2) is 49.1 Å². The zero-order chi connectivity index (χ0) is 25.9. The molecule has 0 aliphatic carbocycles. The number of allylic oxidation sites excluding steroid dienone is 1. The lowest BCUT2D eigenvalue weighted by Gasteiger charge is -2.26. The van der Waals surface area contributed by atoms with Crippen LogP contribution < -0.4 is 21.1 Å². The van der Waals surface area contributed by atoms with Gasteiger partial charge in [-0.1, -0.05) is 18.2 Å². The molecule has 11 heteroatoms. The van der Waals surface area contributed by atoms with Crippen molar-refractivity contribution in [3.05, 3.63) is 60.3 Å². The van der Waals surface area contributed by atoms with Crippen molar-refractivity contribution in [1.82, 2.24) is 30.2 Å². The summed E-state index contributed by atoms with van der Waals surface area (Å²) in [7, 11) is 0. The van der Waals surface area contributed by atoms with Crippen molar-refractivity contribution in [2.75, 3.05) is 57.1 Å². The van der Waals surface area contributed by atoms with E-state index in [0.717, 1.165) is 50.5 Å². The van der Waals surface area contributed by atoms with Crippen molar-refractivity contribution >= 4 is 23.4 Å². The van der Waals surface area contributed by atoms with Gasteiger partial charge in [0.1, 0.15) is 6.61 Å². The SMILES string of the molecule is CCN/C=C(\C=N)c1cnc(N)c(NCc2cccc(-c3ncc(OCCN4CCOCC4)cn3)c2)n1. The zero-order valence-electron chi connectivity index (χ0n) is 21.0. The molecule has 11 nitrogen and oxygen atoms in total. The number of nitrogens with two attached hydrogens (primary N) is 1. The fraction of sp³-hybridized carbons (Fsp3) is 0.346. The highest BCUT2D eigenvalue weighted by molar-refractivity contribution is 6.07. The lowest BCUT2D eigenvalue weighted by Crippen LogP contribution is -2.38. The lowest BCUT2D eigenvalue weighted by molar-refractivity contribution is 0.0322. The van der Waals surface area contributed by atoms with Crippen LogP contribution in [0.1, 0.15) is 18.2 Å². The van der Waals surface area contributed by atoms with Crippen LogP contribution in [-0.4, -0.2) is 77.1 Å². The Balaban J connectivity index is 1.36. The van der Waals surface area contributed by atoms with E-state index in [1.807, 2.05) is 31.2 Å². The van der Waals surface area contributed by atoms with Crippen LogP contribution in [0.2, 0.25) is 0 Å². The summed E-state index contributed by atoms with van der Waals surface area (Å²) in [6.45, 7) is 8.08. The smallest absolute Gasteiger partial charge is 0.169 e. The van der Waals surface area contributed by atoms with E-state index in [2.05, 4.69) is 35.5 Å². The van der Waals surface area contributed by atoms with E-state index in [-0.39, 0.29) is 0 Å². The first kappa shape index (κ1) is 26.0. The minimum absolute atomic E-state index is 0.292. The third-order valence-corrected chi connectivity index (χ3v) is 5.77. The molecule has 1 aromatic carbocycles. The Morgan fingerprint density at radius 1 is 1.19 bits per heavy atom. The Morgan fingerprint density at radius 2 is 2.00 bits per heavy atom. The van der Waals surface area contributed by atoms with Crippen LogP contribution >= 0.6 is 0 Å². The molecule has 1 saturated heterocycles. The van der Waals surface area contributed by atoms with Gasteiger partial charge < -0.3 is 31.3 Å². The molecule has 0 radical (unpaired) electrons. The Hall–Kier alpha value is -4.09. The largest absolute Gasteiger partial charge is 0.489 e. The Morgan fingerprint density at radius 3 is 2.76 bits per heavy atom. The predicted molar refractivity (Wildman–Crippen MR) is 144 cm³/mol. The minimum Gasteiger partial charge on any atom is -0.489 e. The molecular formula is C26H33N9O2. The number of benzene rings is 1. The number of hydrogen-bond acceptors (Lipinski definition) is 11. The van der Waals surface area contributed by atoms with Crippen molar-refractivity contribution in [3.8, 4) is 17.1 Å². The van der Waals surface area contributed by atoms with Gasteiger partial charge in [0.15, 0.2) is 23.2 Å². The summed E-state index contributed by atoms with van der Waals surface area (Å²) >= 11 is 0. The molecule has 0 spiro atoms. The quantitative estimate of drug-likeness (QED) is 0.272. The standard InChI is InChI=1S/C26H33N9O2/c1-2-29-15-21(13-27)23-18-30-24(28)26(34-23)31-14-19-4-3-5-20(12-19)25-32-16-22(17-33-25)37-11-8-35-6-9-36-10-7-35/h3-5,12-13,15-18,27,29H,2,6-11,14H2,1H3,(H2,28,30)(H,31,34)/b21-15+,27-13?. The molecular weight excluding hydrogens is 470 g/mol. The molecule has 194 valence electrons. The molecule has 1 aliphatic rings. The summed E-state index contributed by atoms with van der Waals surface area (Å²) in [6.07, 6.45) is 7.94. The van der Waals surface area contributed by atoms with Gasteiger partial charge in [0, 0.05) is 56.3 Å². The molecule has 5 N–H and O–H groups in total. The average molecular weight is 504 g/mol. The van der Waals surface area contributed by atoms with Gasteiger partial charge in [0.25, 0.3) is 0 Å². The molecule has 0 saturated carbocycles. The molecule has 0 unspecified atom stereocenters. The fourth-order valence-corrected chi connectivity index (χ4v) is 3.73. The molecule has 0 amide bonds. The van der Waals surface area contributed by atoms with Crippen molar-refractivity contribution in [1.29, 1.82) is 5.41 Å². The van der Waals surface area contributed by atoms with Crippen LogP contribution in [-0.2, 0) is 11.3 Å². The van der Waals surface area contributed by atoms with Gasteiger partial charge in [0.05, 0.1) is 37.5 Å².